The van der Waals surface area contributed by atoms with E-state index in [1.807, 2.05) is 6.55 Å². The number of hydrogen-bond donors (Lipinski definition) is 1. The van der Waals surface area contributed by atoms with Crippen LogP contribution in [0.25, 0.3) is 0 Å². The van der Waals surface area contributed by atoms with Crippen molar-refractivity contribution >= 4 is 17.6 Å². The molecular formula is C7H20O4Si2. The minimum atomic E-state index is -1.86. The molecule has 0 saturated heterocycles. The van der Waals surface area contributed by atoms with Crippen LogP contribution in [0.5, 0.6) is 0 Å². The van der Waals surface area contributed by atoms with Crippen LogP contribution in [0, 0.1) is 0 Å². The zero-order valence-corrected chi connectivity index (χ0v) is 11.0. The molecule has 0 saturated carbocycles. The van der Waals surface area contributed by atoms with Crippen LogP contribution in [0.15, 0.2) is 0 Å². The summed E-state index contributed by atoms with van der Waals surface area (Å²) in [5.74, 6) is 0. The average Bonchev–Trinajstić information content (AvgIpc) is 2.19. The number of rotatable bonds is 7. The summed E-state index contributed by atoms with van der Waals surface area (Å²) >= 11 is 0. The van der Waals surface area contributed by atoms with Crippen LogP contribution in [0.3, 0.4) is 0 Å². The first-order valence-corrected chi connectivity index (χ1v) is 8.91. The highest BCUT2D eigenvalue weighted by atomic mass is 28.4. The molecule has 6 heteroatoms. The lowest BCUT2D eigenvalue weighted by molar-refractivity contribution is 0.275. The molecule has 0 aliphatic heterocycles. The van der Waals surface area contributed by atoms with Gasteiger partial charge in [0, 0.05) is 21.3 Å². The molecule has 0 aromatic heterocycles. The predicted molar refractivity (Wildman–Crippen MR) is 56.5 cm³/mol. The second kappa shape index (κ2) is 6.69. The summed E-state index contributed by atoms with van der Waals surface area (Å²) in [6.07, 6.45) is 0.165. The van der Waals surface area contributed by atoms with Crippen molar-refractivity contribution in [2.75, 3.05) is 27.6 Å². The van der Waals surface area contributed by atoms with E-state index in [2.05, 4.69) is 0 Å². The van der Waals surface area contributed by atoms with Gasteiger partial charge in [0.25, 0.3) is 0 Å². The summed E-state index contributed by atoms with van der Waals surface area (Å²) in [6.45, 7) is 2.02. The minimum Gasteiger partial charge on any atom is -0.418 e. The third-order valence-electron chi connectivity index (χ3n) is 2.26. The Morgan fingerprint density at radius 3 is 2.08 bits per heavy atom. The van der Waals surface area contributed by atoms with Gasteiger partial charge in [-0.05, 0) is 18.6 Å². The highest BCUT2D eigenvalue weighted by Gasteiger charge is 2.28. The lowest BCUT2D eigenvalue weighted by atomic mass is 10.9. The molecular weight excluding hydrogens is 204 g/mol. The molecule has 1 atom stereocenters. The van der Waals surface area contributed by atoms with Crippen molar-refractivity contribution in [2.24, 2.45) is 0 Å². The molecule has 0 aromatic rings. The molecule has 0 spiro atoms. The Kier molecular flexibility index (Phi) is 6.83. The maximum Gasteiger partial charge on any atom is 0.320 e. The predicted octanol–water partition coefficient (Wildman–Crippen LogP) is 0.253. The second-order valence-corrected chi connectivity index (χ2v) is 9.76. The average molecular weight is 224 g/mol. The smallest absolute Gasteiger partial charge is 0.320 e. The number of hydrogen-bond acceptors (Lipinski definition) is 4. The first-order valence-electron chi connectivity index (χ1n) is 4.33. The van der Waals surface area contributed by atoms with Gasteiger partial charge in [-0.1, -0.05) is 0 Å². The van der Waals surface area contributed by atoms with Gasteiger partial charge in [-0.2, -0.15) is 0 Å². The fourth-order valence-corrected chi connectivity index (χ4v) is 5.54. The van der Waals surface area contributed by atoms with Crippen molar-refractivity contribution in [3.05, 3.63) is 0 Å². The fourth-order valence-electron chi connectivity index (χ4n) is 1.00. The van der Waals surface area contributed by atoms with E-state index in [1.165, 1.54) is 0 Å². The van der Waals surface area contributed by atoms with Crippen LogP contribution in [-0.4, -0.2) is 50.3 Å². The van der Waals surface area contributed by atoms with E-state index in [1.54, 1.807) is 21.3 Å². The third-order valence-corrected chi connectivity index (χ3v) is 7.65. The lowest BCUT2D eigenvalue weighted by Gasteiger charge is -2.23. The summed E-state index contributed by atoms with van der Waals surface area (Å²) in [4.78, 5) is 0. The summed E-state index contributed by atoms with van der Waals surface area (Å²) < 4.78 is 15.7. The Bertz CT molecular complexity index is 126. The Hall–Kier alpha value is 0.274. The van der Waals surface area contributed by atoms with Gasteiger partial charge >= 0.3 is 9.28 Å². The van der Waals surface area contributed by atoms with Gasteiger partial charge in [-0.3, -0.25) is 0 Å². The van der Waals surface area contributed by atoms with E-state index in [4.69, 9.17) is 18.4 Å². The summed E-state index contributed by atoms with van der Waals surface area (Å²) in [5, 5.41) is 9.11. The van der Waals surface area contributed by atoms with Crippen LogP contribution < -0.4 is 0 Å². The summed E-state index contributed by atoms with van der Waals surface area (Å²) in [5.41, 5.74) is 0. The molecule has 0 aromatic carbocycles. The number of aliphatic hydroxyl groups excluding tert-OH is 1. The van der Waals surface area contributed by atoms with E-state index < -0.39 is 17.6 Å². The van der Waals surface area contributed by atoms with E-state index in [0.29, 0.717) is 0 Å². The maximum absolute atomic E-state index is 9.11. The van der Waals surface area contributed by atoms with Crippen molar-refractivity contribution in [2.45, 2.75) is 18.6 Å². The first kappa shape index (κ1) is 13.3. The van der Waals surface area contributed by atoms with Gasteiger partial charge in [0.05, 0.1) is 6.23 Å². The largest absolute Gasteiger partial charge is 0.418 e. The molecule has 0 aliphatic carbocycles. The van der Waals surface area contributed by atoms with Crippen LogP contribution in [0.2, 0.25) is 18.6 Å². The Labute approximate surface area is 82.8 Å². The molecule has 80 valence electrons. The SMILES string of the molecule is CO[SiH](CC[Si](C)(CO)OC)OC. The van der Waals surface area contributed by atoms with E-state index in [0.717, 1.165) is 12.1 Å². The van der Waals surface area contributed by atoms with Gasteiger partial charge < -0.3 is 18.4 Å². The van der Waals surface area contributed by atoms with E-state index in [-0.39, 0.29) is 6.23 Å². The van der Waals surface area contributed by atoms with Crippen molar-refractivity contribution < 1.29 is 18.4 Å². The second-order valence-electron chi connectivity index (χ2n) is 3.25. The standard InChI is InChI=1S/C7H20O4Si2/c1-9-12(10-2)5-6-13(4,7-8)11-3/h8,12H,5-7H2,1-4H3. The third kappa shape index (κ3) is 4.89. The van der Waals surface area contributed by atoms with E-state index >= 15 is 0 Å². The van der Waals surface area contributed by atoms with Crippen LogP contribution >= 0.6 is 0 Å². The molecule has 1 unspecified atom stereocenters. The zero-order valence-electron chi connectivity index (χ0n) is 8.87. The van der Waals surface area contributed by atoms with Gasteiger partial charge in [0.15, 0.2) is 0 Å². The normalized spacial score (nSPS) is 16.2. The number of aliphatic hydroxyl groups is 1. The highest BCUT2D eigenvalue weighted by Crippen LogP contribution is 2.14. The molecule has 0 amide bonds. The Balaban J connectivity index is 3.83. The maximum atomic E-state index is 9.11. The van der Waals surface area contributed by atoms with Crippen molar-refractivity contribution in [3.8, 4) is 0 Å². The fraction of sp³-hybridized carbons (Fsp3) is 1.00. The molecule has 0 heterocycles. The van der Waals surface area contributed by atoms with E-state index in [9.17, 15) is 0 Å². The molecule has 0 rings (SSSR count). The van der Waals surface area contributed by atoms with Crippen LogP contribution in [0.4, 0.5) is 0 Å². The summed E-state index contributed by atoms with van der Waals surface area (Å²) in [7, 11) is 1.67. The minimum absolute atomic E-state index is 0.165. The molecule has 0 fully saturated rings. The first-order chi connectivity index (χ1) is 6.11. The monoisotopic (exact) mass is 224 g/mol. The quantitative estimate of drug-likeness (QED) is 0.630. The highest BCUT2D eigenvalue weighted by molar-refractivity contribution is 6.73. The van der Waals surface area contributed by atoms with Crippen LogP contribution in [-0.2, 0) is 13.3 Å². The Morgan fingerprint density at radius 2 is 1.77 bits per heavy atom. The molecule has 13 heavy (non-hydrogen) atoms. The molecule has 1 N–H and O–H groups in total. The zero-order chi connectivity index (χ0) is 10.3. The topological polar surface area (TPSA) is 47.9 Å². The molecule has 0 aliphatic rings. The van der Waals surface area contributed by atoms with Gasteiger partial charge in [-0.15, -0.1) is 0 Å². The molecule has 4 nitrogen and oxygen atoms in total. The van der Waals surface area contributed by atoms with Gasteiger partial charge in [0.2, 0.25) is 8.32 Å². The molecule has 0 bridgehead atoms. The van der Waals surface area contributed by atoms with Crippen molar-refractivity contribution in [3.63, 3.8) is 0 Å². The van der Waals surface area contributed by atoms with Gasteiger partial charge in [0.1, 0.15) is 0 Å². The Morgan fingerprint density at radius 1 is 1.23 bits per heavy atom. The van der Waals surface area contributed by atoms with Crippen molar-refractivity contribution in [1.82, 2.24) is 0 Å². The summed E-state index contributed by atoms with van der Waals surface area (Å²) in [6, 6.07) is 1.81. The van der Waals surface area contributed by atoms with Gasteiger partial charge in [-0.25, -0.2) is 0 Å². The lowest BCUT2D eigenvalue weighted by Crippen LogP contribution is -2.39. The van der Waals surface area contributed by atoms with Crippen LogP contribution in [0.1, 0.15) is 0 Å². The van der Waals surface area contributed by atoms with Crippen molar-refractivity contribution in [1.29, 1.82) is 0 Å². The molecule has 0 radical (unpaired) electrons.